The van der Waals surface area contributed by atoms with Gasteiger partial charge in [-0.05, 0) is 122 Å². The average Bonchev–Trinajstić information content (AvgIpc) is 3.41. The van der Waals surface area contributed by atoms with E-state index in [1.165, 1.54) is 25.7 Å². The van der Waals surface area contributed by atoms with E-state index >= 15 is 0 Å². The number of aliphatic hydroxyl groups is 1. The predicted molar refractivity (Wildman–Crippen MR) is 316 cm³/mol. The third-order valence-electron chi connectivity index (χ3n) is 11.3. The van der Waals surface area contributed by atoms with Gasteiger partial charge in [0.1, 0.15) is 12.7 Å². The van der Waals surface area contributed by atoms with Crippen molar-refractivity contribution < 1.29 is 52.2 Å². The fraction of sp³-hybridized carbons (Fsp3) is 0.578. The number of ether oxygens (including phenoxy) is 3. The van der Waals surface area contributed by atoms with Gasteiger partial charge in [0.25, 0.3) is 0 Å². The molecule has 0 rings (SSSR count). The van der Waals surface area contributed by atoms with Gasteiger partial charge in [-0.1, -0.05) is 205 Å². The number of hydrogen-bond donors (Lipinski definition) is 2. The van der Waals surface area contributed by atoms with Crippen molar-refractivity contribution in [1.29, 1.82) is 0 Å². The molecule has 0 aliphatic carbocycles. The van der Waals surface area contributed by atoms with E-state index in [2.05, 4.69) is 142 Å². The lowest BCUT2D eigenvalue weighted by Crippen LogP contribution is -2.30. The van der Waals surface area contributed by atoms with Gasteiger partial charge in [-0.15, -0.1) is 0 Å². The van der Waals surface area contributed by atoms with Crippen molar-refractivity contribution in [3.8, 4) is 0 Å². The Balaban J connectivity index is 4.90. The van der Waals surface area contributed by atoms with Crippen molar-refractivity contribution in [2.75, 3.05) is 26.4 Å². The van der Waals surface area contributed by atoms with Crippen LogP contribution in [0.3, 0.4) is 0 Å². The molecule has 12 heteroatoms. The van der Waals surface area contributed by atoms with Gasteiger partial charge in [-0.25, -0.2) is 4.57 Å². The predicted octanol–water partition coefficient (Wildman–Crippen LogP) is 17.1. The molecule has 3 unspecified atom stereocenters. The van der Waals surface area contributed by atoms with Crippen LogP contribution in [-0.2, 0) is 42.2 Å². The second-order valence-corrected chi connectivity index (χ2v) is 19.8. The van der Waals surface area contributed by atoms with Crippen LogP contribution in [0.1, 0.15) is 201 Å². The van der Waals surface area contributed by atoms with E-state index < -0.39 is 64.4 Å². The molecular formula is C64H101O11P. The van der Waals surface area contributed by atoms with Gasteiger partial charge < -0.3 is 24.2 Å². The van der Waals surface area contributed by atoms with E-state index in [0.29, 0.717) is 19.3 Å². The Bertz CT molecular complexity index is 1830. The van der Waals surface area contributed by atoms with Crippen LogP contribution in [0.4, 0.5) is 0 Å². The zero-order valence-corrected chi connectivity index (χ0v) is 48.0. The first-order valence-corrected chi connectivity index (χ1v) is 30.2. The summed E-state index contributed by atoms with van der Waals surface area (Å²) in [6.45, 7) is 4.19. The molecule has 0 radical (unpaired) electrons. The van der Waals surface area contributed by atoms with Crippen molar-refractivity contribution in [1.82, 2.24) is 0 Å². The summed E-state index contributed by atoms with van der Waals surface area (Å²) < 4.78 is 39.3. The minimum atomic E-state index is -4.80. The zero-order valence-electron chi connectivity index (χ0n) is 47.2. The Hall–Kier alpha value is -4.64. The van der Waals surface area contributed by atoms with Crippen LogP contribution in [-0.4, -0.2) is 66.5 Å². The van der Waals surface area contributed by atoms with Crippen LogP contribution in [0.5, 0.6) is 0 Å². The summed E-state index contributed by atoms with van der Waals surface area (Å²) in [5.74, 6) is -1.70. The minimum Gasteiger partial charge on any atom is -0.462 e. The highest BCUT2D eigenvalue weighted by Gasteiger charge is 2.28. The maximum absolute atomic E-state index is 12.9. The molecule has 0 saturated heterocycles. The quantitative estimate of drug-likeness (QED) is 0.0197. The zero-order chi connectivity index (χ0) is 55.5. The second-order valence-electron chi connectivity index (χ2n) is 18.3. The fourth-order valence-electron chi connectivity index (χ4n) is 6.96. The number of carbonyl (C=O) groups excluding carboxylic acids is 3. The largest absolute Gasteiger partial charge is 0.472 e. The molecule has 0 fully saturated rings. The van der Waals surface area contributed by atoms with Crippen LogP contribution in [0.2, 0.25) is 0 Å². The molecule has 0 amide bonds. The number of esters is 3. The van der Waals surface area contributed by atoms with Crippen LogP contribution in [0.25, 0.3) is 0 Å². The number of aliphatic hydroxyl groups excluding tert-OH is 1. The molecule has 0 bridgehead atoms. The third kappa shape index (κ3) is 54.2. The summed E-state index contributed by atoms with van der Waals surface area (Å²) in [6.07, 6.45) is 72.7. The van der Waals surface area contributed by atoms with Crippen molar-refractivity contribution in [3.63, 3.8) is 0 Å². The lowest BCUT2D eigenvalue weighted by molar-refractivity contribution is -0.160. The highest BCUT2D eigenvalue weighted by Crippen LogP contribution is 2.43. The molecule has 11 nitrogen and oxygen atoms in total. The lowest BCUT2D eigenvalue weighted by atomic mass is 10.1. The van der Waals surface area contributed by atoms with E-state index in [-0.39, 0.29) is 19.3 Å². The Morgan fingerprint density at radius 2 is 0.737 bits per heavy atom. The van der Waals surface area contributed by atoms with Crippen LogP contribution < -0.4 is 0 Å². The summed E-state index contributed by atoms with van der Waals surface area (Å²) >= 11 is 0. The van der Waals surface area contributed by atoms with E-state index in [1.807, 2.05) is 18.2 Å². The molecule has 0 spiro atoms. The lowest BCUT2D eigenvalue weighted by Gasteiger charge is -2.21. The monoisotopic (exact) mass is 1080 g/mol. The number of carbonyl (C=O) groups is 3. The maximum Gasteiger partial charge on any atom is 0.472 e. The highest BCUT2D eigenvalue weighted by atomic mass is 31.2. The standard InChI is InChI=1S/C64H101O11P/c1-4-7-10-13-16-19-22-25-28-29-30-31-34-35-38-41-44-47-50-53-62(66)71-57-61(75-64(68)55-52-49-46-43-40-37-33-27-24-21-18-15-12-9-6-3)59-73-76(69,70)72-58-60(56-65)74-63(67)54-51-48-45-42-39-36-32-26-23-20-17-14-11-8-5-2/h8-9,11-12,16-21,25-28,30-33,39-40,42-43,49,52,60-61,65H,4-7,10,13-15,22-24,29,34-38,41,44-48,50-51,53-59H2,1-3H3,(H,69,70)/b11-8-,12-9-,19-16-,20-17-,21-18-,28-25-,31-30-,32-26-,33-27-,42-39-,43-40-,52-49-. The first kappa shape index (κ1) is 71.4. The molecule has 0 aromatic rings. The normalized spacial score (nSPS) is 14.4. The summed E-state index contributed by atoms with van der Waals surface area (Å²) in [5.41, 5.74) is 0. The van der Waals surface area contributed by atoms with Gasteiger partial charge in [0.2, 0.25) is 0 Å². The van der Waals surface area contributed by atoms with Gasteiger partial charge >= 0.3 is 25.7 Å². The van der Waals surface area contributed by atoms with Gasteiger partial charge in [-0.3, -0.25) is 23.4 Å². The van der Waals surface area contributed by atoms with E-state index in [1.54, 1.807) is 6.08 Å². The van der Waals surface area contributed by atoms with Crippen LogP contribution >= 0.6 is 7.82 Å². The van der Waals surface area contributed by atoms with Crippen molar-refractivity contribution in [3.05, 3.63) is 146 Å². The number of allylic oxidation sites excluding steroid dienone is 23. The molecule has 3 atom stereocenters. The molecule has 428 valence electrons. The first-order valence-electron chi connectivity index (χ1n) is 28.7. The van der Waals surface area contributed by atoms with E-state index in [0.717, 1.165) is 116 Å². The summed E-state index contributed by atoms with van der Waals surface area (Å²) in [7, 11) is -4.80. The Labute approximate surface area is 461 Å². The number of hydrogen-bond acceptors (Lipinski definition) is 10. The van der Waals surface area contributed by atoms with Crippen molar-refractivity contribution >= 4 is 25.7 Å². The molecule has 0 aromatic heterocycles. The molecule has 0 aliphatic rings. The smallest absolute Gasteiger partial charge is 0.462 e. The summed E-state index contributed by atoms with van der Waals surface area (Å²) in [6, 6.07) is 0. The molecule has 0 saturated carbocycles. The first-order chi connectivity index (χ1) is 37.2. The molecule has 76 heavy (non-hydrogen) atoms. The molecular weight excluding hydrogens is 976 g/mol. The number of rotatable bonds is 51. The Morgan fingerprint density at radius 3 is 1.18 bits per heavy atom. The molecule has 0 heterocycles. The number of phosphoric acid groups is 1. The summed E-state index contributed by atoms with van der Waals surface area (Å²) in [4.78, 5) is 48.5. The van der Waals surface area contributed by atoms with Gasteiger partial charge in [0, 0.05) is 12.8 Å². The fourth-order valence-corrected chi connectivity index (χ4v) is 7.74. The summed E-state index contributed by atoms with van der Waals surface area (Å²) in [5, 5.41) is 9.80. The molecule has 0 aliphatic heterocycles. The van der Waals surface area contributed by atoms with Crippen LogP contribution in [0, 0.1) is 0 Å². The number of phosphoric ester groups is 1. The van der Waals surface area contributed by atoms with Gasteiger partial charge in [-0.2, -0.15) is 0 Å². The minimum absolute atomic E-state index is 0.0791. The Kier molecular flexibility index (Phi) is 53.1. The second kappa shape index (κ2) is 56.6. The van der Waals surface area contributed by atoms with Crippen LogP contribution in [0.15, 0.2) is 146 Å². The Morgan fingerprint density at radius 1 is 0.395 bits per heavy atom. The highest BCUT2D eigenvalue weighted by molar-refractivity contribution is 7.47. The average molecular weight is 1080 g/mol. The maximum atomic E-state index is 12.9. The van der Waals surface area contributed by atoms with Crippen molar-refractivity contribution in [2.24, 2.45) is 0 Å². The topological polar surface area (TPSA) is 155 Å². The van der Waals surface area contributed by atoms with E-state index in [9.17, 15) is 28.9 Å². The molecule has 0 aromatic carbocycles. The third-order valence-corrected chi connectivity index (χ3v) is 12.2. The van der Waals surface area contributed by atoms with Crippen molar-refractivity contribution in [2.45, 2.75) is 213 Å². The van der Waals surface area contributed by atoms with Gasteiger partial charge in [0.05, 0.1) is 26.2 Å². The van der Waals surface area contributed by atoms with E-state index in [4.69, 9.17) is 23.3 Å². The number of unbranched alkanes of at least 4 members (excludes halogenated alkanes) is 11. The molecule has 2 N–H and O–H groups in total. The SMILES string of the molecule is CC/C=C\C/C=C\C/C=C\C/C=C\C/C=C\CC(=O)OC(COC(=O)CCCCCCCC/C=C\C/C=C\C/C=C\CCCCC)COP(=O)(O)OCC(CO)OC(=O)CCCC/C=C\C/C=C\C/C=C\C/C=C\CC. The van der Waals surface area contributed by atoms with Gasteiger partial charge in [0.15, 0.2) is 6.10 Å².